The quantitative estimate of drug-likeness (QED) is 0.567. The van der Waals surface area contributed by atoms with Crippen molar-refractivity contribution in [2.45, 2.75) is 32.5 Å². The topological polar surface area (TPSA) is 95.5 Å². The Balaban J connectivity index is 1.41. The van der Waals surface area contributed by atoms with Gasteiger partial charge in [-0.25, -0.2) is 9.97 Å². The van der Waals surface area contributed by atoms with E-state index in [9.17, 15) is 4.79 Å². The van der Waals surface area contributed by atoms with E-state index in [1.54, 1.807) is 18.3 Å². The molecule has 1 aliphatic carbocycles. The minimum atomic E-state index is -0.0533. The fraction of sp³-hybridized carbons (Fsp3) is 0.474. The van der Waals surface area contributed by atoms with E-state index in [4.69, 9.17) is 37.4 Å². The van der Waals surface area contributed by atoms with Crippen LogP contribution in [-0.4, -0.2) is 46.7 Å². The van der Waals surface area contributed by atoms with Gasteiger partial charge < -0.3 is 19.5 Å². The molecule has 0 radical (unpaired) electrons. The van der Waals surface area contributed by atoms with Gasteiger partial charge in [0.15, 0.2) is 5.02 Å². The van der Waals surface area contributed by atoms with Gasteiger partial charge in [0.1, 0.15) is 12.9 Å². The first kappa shape index (κ1) is 21.5. The number of rotatable bonds is 10. The molecule has 2 aromatic heterocycles. The molecule has 2 aromatic rings. The SMILES string of the molecule is CC(=O)NCCOC1CC(COc2ncnc(OCc3cc(Cl)ccn3)c2Cl)C1. The van der Waals surface area contributed by atoms with Crippen LogP contribution < -0.4 is 14.8 Å². The fourth-order valence-electron chi connectivity index (χ4n) is 2.81. The Labute approximate surface area is 178 Å². The Morgan fingerprint density at radius 1 is 1.21 bits per heavy atom. The molecule has 1 N–H and O–H groups in total. The molecule has 8 nitrogen and oxygen atoms in total. The first-order valence-electron chi connectivity index (χ1n) is 9.24. The van der Waals surface area contributed by atoms with Gasteiger partial charge in [-0.2, -0.15) is 0 Å². The van der Waals surface area contributed by atoms with E-state index >= 15 is 0 Å². The van der Waals surface area contributed by atoms with E-state index in [2.05, 4.69) is 20.3 Å². The van der Waals surface area contributed by atoms with Crippen LogP contribution in [0, 0.1) is 5.92 Å². The molecule has 0 spiro atoms. The molecule has 0 atom stereocenters. The van der Waals surface area contributed by atoms with Crippen molar-refractivity contribution in [1.82, 2.24) is 20.3 Å². The molecular formula is C19H22Cl2N4O4. The predicted octanol–water partition coefficient (Wildman–Crippen LogP) is 3.07. The van der Waals surface area contributed by atoms with Gasteiger partial charge in [-0.3, -0.25) is 9.78 Å². The number of amides is 1. The Morgan fingerprint density at radius 2 is 1.97 bits per heavy atom. The number of halogens is 2. The number of hydrogen-bond acceptors (Lipinski definition) is 7. The van der Waals surface area contributed by atoms with Gasteiger partial charge in [-0.05, 0) is 30.9 Å². The lowest BCUT2D eigenvalue weighted by atomic mass is 9.83. The van der Waals surface area contributed by atoms with Crippen LogP contribution in [0.4, 0.5) is 0 Å². The van der Waals surface area contributed by atoms with Gasteiger partial charge in [0, 0.05) is 24.7 Å². The average Bonchev–Trinajstić information content (AvgIpc) is 2.65. The largest absolute Gasteiger partial charge is 0.476 e. The van der Waals surface area contributed by atoms with Crippen molar-refractivity contribution in [1.29, 1.82) is 0 Å². The van der Waals surface area contributed by atoms with E-state index in [0.29, 0.717) is 36.4 Å². The molecule has 1 saturated carbocycles. The van der Waals surface area contributed by atoms with Crippen molar-refractivity contribution in [2.75, 3.05) is 19.8 Å². The van der Waals surface area contributed by atoms with E-state index < -0.39 is 0 Å². The molecule has 2 heterocycles. The van der Waals surface area contributed by atoms with Crippen LogP contribution in [0.3, 0.4) is 0 Å². The number of carbonyl (C=O) groups excluding carboxylic acids is 1. The molecule has 29 heavy (non-hydrogen) atoms. The molecule has 1 amide bonds. The number of nitrogens with one attached hydrogen (secondary N) is 1. The first-order valence-corrected chi connectivity index (χ1v) is 9.99. The number of nitrogens with zero attached hydrogens (tertiary/aromatic N) is 3. The zero-order valence-corrected chi connectivity index (χ0v) is 17.4. The molecule has 0 saturated heterocycles. The van der Waals surface area contributed by atoms with E-state index in [0.717, 1.165) is 12.8 Å². The van der Waals surface area contributed by atoms with Gasteiger partial charge in [-0.15, -0.1) is 0 Å². The van der Waals surface area contributed by atoms with E-state index in [1.165, 1.54) is 13.3 Å². The maximum absolute atomic E-state index is 10.8. The summed E-state index contributed by atoms with van der Waals surface area (Å²) in [6.07, 6.45) is 4.94. The predicted molar refractivity (Wildman–Crippen MR) is 107 cm³/mol. The Morgan fingerprint density at radius 3 is 2.69 bits per heavy atom. The van der Waals surface area contributed by atoms with Crippen molar-refractivity contribution in [3.8, 4) is 11.8 Å². The van der Waals surface area contributed by atoms with Crippen LogP contribution in [0.2, 0.25) is 10.0 Å². The highest BCUT2D eigenvalue weighted by molar-refractivity contribution is 6.33. The van der Waals surface area contributed by atoms with Crippen molar-refractivity contribution in [2.24, 2.45) is 5.92 Å². The maximum Gasteiger partial charge on any atom is 0.240 e. The van der Waals surface area contributed by atoms with Crippen molar-refractivity contribution in [3.05, 3.63) is 40.4 Å². The summed E-state index contributed by atoms with van der Waals surface area (Å²) in [5, 5.41) is 3.50. The van der Waals surface area contributed by atoms with Gasteiger partial charge in [-0.1, -0.05) is 23.2 Å². The van der Waals surface area contributed by atoms with Gasteiger partial charge >= 0.3 is 0 Å². The molecule has 10 heteroatoms. The highest BCUT2D eigenvalue weighted by Gasteiger charge is 2.30. The third-order valence-corrected chi connectivity index (χ3v) is 4.90. The number of aromatic nitrogens is 3. The highest BCUT2D eigenvalue weighted by atomic mass is 35.5. The van der Waals surface area contributed by atoms with Crippen molar-refractivity contribution >= 4 is 29.1 Å². The lowest BCUT2D eigenvalue weighted by molar-refractivity contribution is -0.119. The Kier molecular flexibility index (Phi) is 7.85. The molecule has 0 aromatic carbocycles. The lowest BCUT2D eigenvalue weighted by Gasteiger charge is -2.34. The summed E-state index contributed by atoms with van der Waals surface area (Å²) in [7, 11) is 0. The van der Waals surface area contributed by atoms with E-state index in [1.807, 2.05) is 0 Å². The maximum atomic E-state index is 10.8. The fourth-order valence-corrected chi connectivity index (χ4v) is 3.19. The molecule has 1 fully saturated rings. The summed E-state index contributed by atoms with van der Waals surface area (Å²) >= 11 is 12.2. The normalized spacial score (nSPS) is 18.0. The monoisotopic (exact) mass is 440 g/mol. The summed E-state index contributed by atoms with van der Waals surface area (Å²) in [6.45, 7) is 3.18. The Hall–Kier alpha value is -2.16. The summed E-state index contributed by atoms with van der Waals surface area (Å²) in [5.41, 5.74) is 0.661. The van der Waals surface area contributed by atoms with Crippen LogP contribution in [0.1, 0.15) is 25.5 Å². The number of ether oxygens (including phenoxy) is 3. The second kappa shape index (κ2) is 10.6. The molecule has 1 aliphatic rings. The summed E-state index contributed by atoms with van der Waals surface area (Å²) in [4.78, 5) is 23.1. The molecular weight excluding hydrogens is 419 g/mol. The van der Waals surface area contributed by atoms with E-state index in [-0.39, 0.29) is 35.4 Å². The van der Waals surface area contributed by atoms with Gasteiger partial charge in [0.2, 0.25) is 17.7 Å². The summed E-state index contributed by atoms with van der Waals surface area (Å²) < 4.78 is 17.0. The number of pyridine rings is 1. The smallest absolute Gasteiger partial charge is 0.240 e. The lowest BCUT2D eigenvalue weighted by Crippen LogP contribution is -2.37. The molecule has 156 valence electrons. The van der Waals surface area contributed by atoms with Gasteiger partial charge in [0.05, 0.1) is 25.0 Å². The van der Waals surface area contributed by atoms with Crippen LogP contribution in [0.5, 0.6) is 11.8 Å². The summed E-state index contributed by atoms with van der Waals surface area (Å²) in [5.74, 6) is 0.825. The second-order valence-corrected chi connectivity index (χ2v) is 7.49. The highest BCUT2D eigenvalue weighted by Crippen LogP contribution is 2.34. The standard InChI is InChI=1S/C19H22Cl2N4O4/c1-12(26)22-4-5-27-16-6-13(7-16)9-28-18-17(21)19(25-11-24-18)29-10-15-8-14(20)2-3-23-15/h2-3,8,11,13,16H,4-7,9-10H2,1H3,(H,22,26). The van der Waals surface area contributed by atoms with Crippen LogP contribution in [0.25, 0.3) is 0 Å². The first-order chi connectivity index (χ1) is 14.0. The van der Waals surface area contributed by atoms with Crippen molar-refractivity contribution < 1.29 is 19.0 Å². The minimum Gasteiger partial charge on any atom is -0.476 e. The zero-order chi connectivity index (χ0) is 20.6. The molecule has 0 aliphatic heterocycles. The van der Waals surface area contributed by atoms with Crippen molar-refractivity contribution in [3.63, 3.8) is 0 Å². The third-order valence-electron chi connectivity index (χ3n) is 4.34. The molecule has 0 unspecified atom stereocenters. The van der Waals surface area contributed by atoms with Gasteiger partial charge in [0.25, 0.3) is 0 Å². The Bertz CT molecular complexity index is 834. The average molecular weight is 441 g/mol. The molecule has 0 bridgehead atoms. The van der Waals surface area contributed by atoms with Crippen LogP contribution in [0.15, 0.2) is 24.7 Å². The van der Waals surface area contributed by atoms with Crippen LogP contribution >= 0.6 is 23.2 Å². The zero-order valence-electron chi connectivity index (χ0n) is 15.9. The third kappa shape index (κ3) is 6.69. The van der Waals surface area contributed by atoms with Crippen LogP contribution in [-0.2, 0) is 16.1 Å². The second-order valence-electron chi connectivity index (χ2n) is 6.68. The minimum absolute atomic E-state index is 0.0533. The number of hydrogen-bond donors (Lipinski definition) is 1. The summed E-state index contributed by atoms with van der Waals surface area (Å²) in [6, 6.07) is 3.40. The molecule has 3 rings (SSSR count). The number of carbonyl (C=O) groups is 1.